The highest BCUT2D eigenvalue weighted by Gasteiger charge is 2.36. The van der Waals surface area contributed by atoms with E-state index in [0.717, 1.165) is 19.5 Å². The van der Waals surface area contributed by atoms with E-state index in [1.54, 1.807) is 4.90 Å². The molecule has 1 aromatic rings. The van der Waals surface area contributed by atoms with Gasteiger partial charge < -0.3 is 19.5 Å². The molecule has 1 amide bonds. The average Bonchev–Trinajstić information content (AvgIpc) is 2.72. The number of nitrogens with zero attached hydrogens (tertiary/aromatic N) is 2. The molecule has 0 radical (unpaired) electrons. The summed E-state index contributed by atoms with van der Waals surface area (Å²) < 4.78 is 24.3. The fraction of sp³-hybridized carbons (Fsp3) is 0.600. The van der Waals surface area contributed by atoms with Gasteiger partial charge in [0, 0.05) is 38.6 Å². The first-order valence-corrected chi connectivity index (χ1v) is 9.66. The number of rotatable bonds is 6. The van der Waals surface area contributed by atoms with Crippen LogP contribution in [-0.2, 0) is 9.53 Å². The zero-order valence-electron chi connectivity index (χ0n) is 16.1. The molecular formula is C20H27FN2O5. The van der Waals surface area contributed by atoms with Crippen molar-refractivity contribution in [2.75, 3.05) is 46.5 Å². The van der Waals surface area contributed by atoms with Gasteiger partial charge in [-0.3, -0.25) is 14.5 Å². The van der Waals surface area contributed by atoms with Gasteiger partial charge in [0.2, 0.25) is 0 Å². The highest BCUT2D eigenvalue weighted by atomic mass is 19.1. The molecule has 2 aliphatic rings. The van der Waals surface area contributed by atoms with Gasteiger partial charge in [-0.05, 0) is 37.0 Å². The maximum absolute atomic E-state index is 13.7. The Morgan fingerprint density at radius 1 is 1.29 bits per heavy atom. The van der Waals surface area contributed by atoms with Crippen LogP contribution in [0.3, 0.4) is 0 Å². The predicted molar refractivity (Wildman–Crippen MR) is 100 cm³/mol. The van der Waals surface area contributed by atoms with Gasteiger partial charge in [0.1, 0.15) is 11.6 Å². The quantitative estimate of drug-likeness (QED) is 0.794. The lowest BCUT2D eigenvalue weighted by Crippen LogP contribution is -2.55. The normalized spacial score (nSPS) is 23.4. The molecule has 0 saturated carbocycles. The van der Waals surface area contributed by atoms with Crippen LogP contribution in [-0.4, -0.2) is 79.3 Å². The predicted octanol–water partition coefficient (Wildman–Crippen LogP) is 1.86. The molecule has 1 aromatic carbocycles. The second-order valence-electron chi connectivity index (χ2n) is 7.29. The summed E-state index contributed by atoms with van der Waals surface area (Å²) in [7, 11) is 1.45. The lowest BCUT2D eigenvalue weighted by Gasteiger charge is -2.45. The zero-order chi connectivity index (χ0) is 20.1. The third-order valence-electron chi connectivity index (χ3n) is 5.62. The number of methoxy groups -OCH3 is 1. The van der Waals surface area contributed by atoms with Crippen molar-refractivity contribution in [3.8, 4) is 5.75 Å². The number of carbonyl (C=O) groups is 2. The number of benzene rings is 1. The number of amides is 1. The highest BCUT2D eigenvalue weighted by Crippen LogP contribution is 2.29. The van der Waals surface area contributed by atoms with Gasteiger partial charge in [0.25, 0.3) is 5.91 Å². The number of carboxylic acid groups (broad SMARTS) is 1. The van der Waals surface area contributed by atoms with E-state index in [2.05, 4.69) is 4.90 Å². The van der Waals surface area contributed by atoms with E-state index in [-0.39, 0.29) is 29.9 Å². The smallest absolute Gasteiger partial charge is 0.303 e. The first-order valence-electron chi connectivity index (χ1n) is 9.66. The molecule has 0 aliphatic carbocycles. The first kappa shape index (κ1) is 20.5. The van der Waals surface area contributed by atoms with Crippen molar-refractivity contribution in [1.29, 1.82) is 0 Å². The van der Waals surface area contributed by atoms with Gasteiger partial charge in [-0.15, -0.1) is 0 Å². The Hall–Kier alpha value is -2.19. The van der Waals surface area contributed by atoms with E-state index >= 15 is 0 Å². The van der Waals surface area contributed by atoms with E-state index in [4.69, 9.17) is 14.6 Å². The molecule has 3 rings (SSSR count). The van der Waals surface area contributed by atoms with Gasteiger partial charge >= 0.3 is 5.97 Å². The summed E-state index contributed by atoms with van der Waals surface area (Å²) in [6.45, 7) is 3.98. The summed E-state index contributed by atoms with van der Waals surface area (Å²) in [6, 6.07) is 4.13. The molecule has 2 atom stereocenters. The molecule has 0 bridgehead atoms. The van der Waals surface area contributed by atoms with Gasteiger partial charge in [-0.2, -0.15) is 0 Å². The minimum atomic E-state index is -0.837. The van der Waals surface area contributed by atoms with E-state index in [1.807, 2.05) is 0 Å². The maximum atomic E-state index is 13.7. The van der Waals surface area contributed by atoms with Crippen molar-refractivity contribution in [3.63, 3.8) is 0 Å². The number of aliphatic carboxylic acids is 1. The number of morpholine rings is 1. The van der Waals surface area contributed by atoms with Crippen molar-refractivity contribution in [3.05, 3.63) is 29.6 Å². The molecule has 0 spiro atoms. The molecule has 2 heterocycles. The zero-order valence-corrected chi connectivity index (χ0v) is 16.1. The third-order valence-corrected chi connectivity index (χ3v) is 5.62. The molecular weight excluding hydrogens is 367 g/mol. The molecule has 2 aliphatic heterocycles. The summed E-state index contributed by atoms with van der Waals surface area (Å²) in [5.74, 6) is -1.22. The van der Waals surface area contributed by atoms with Gasteiger partial charge in [-0.25, -0.2) is 4.39 Å². The Bertz CT molecular complexity index is 708. The highest BCUT2D eigenvalue weighted by molar-refractivity contribution is 5.97. The Morgan fingerprint density at radius 3 is 2.71 bits per heavy atom. The molecule has 1 N–H and O–H groups in total. The summed E-state index contributed by atoms with van der Waals surface area (Å²) in [4.78, 5) is 28.2. The van der Waals surface area contributed by atoms with Crippen LogP contribution in [0.4, 0.5) is 4.39 Å². The first-order chi connectivity index (χ1) is 13.5. The standard InChI is InChI=1S/C20H27FN2O5/c1-27-18-4-3-15(21)12-16(18)20(26)23-7-6-17(22-8-10-28-11-9-22)14(13-23)2-5-19(24)25/h3-4,12,14,17H,2,5-11,13H2,1H3,(H,24,25)/t14-,17+/m1/s1. The number of halogens is 1. The SMILES string of the molecule is COc1ccc(F)cc1C(=O)N1CC[C@H](N2CCOCC2)[C@H](CCC(=O)O)C1. The second-order valence-corrected chi connectivity index (χ2v) is 7.29. The summed E-state index contributed by atoms with van der Waals surface area (Å²) in [5, 5.41) is 9.12. The summed E-state index contributed by atoms with van der Waals surface area (Å²) in [6.07, 6.45) is 1.33. The molecule has 154 valence electrons. The molecule has 7 nitrogen and oxygen atoms in total. The van der Waals surface area contributed by atoms with Crippen molar-refractivity contribution in [1.82, 2.24) is 9.80 Å². The number of ether oxygens (including phenoxy) is 2. The number of carbonyl (C=O) groups excluding carboxylic acids is 1. The minimum absolute atomic E-state index is 0.0476. The van der Waals surface area contributed by atoms with Gasteiger partial charge in [0.15, 0.2) is 0 Å². The van der Waals surface area contributed by atoms with Crippen molar-refractivity contribution < 1.29 is 28.6 Å². The number of carboxylic acids is 1. The van der Waals surface area contributed by atoms with Crippen molar-refractivity contribution >= 4 is 11.9 Å². The topological polar surface area (TPSA) is 79.3 Å². The number of hydrogen-bond donors (Lipinski definition) is 1. The maximum Gasteiger partial charge on any atom is 0.303 e. The summed E-state index contributed by atoms with van der Waals surface area (Å²) >= 11 is 0. The van der Waals surface area contributed by atoms with Crippen LogP contribution in [0.5, 0.6) is 5.75 Å². The minimum Gasteiger partial charge on any atom is -0.496 e. The van der Waals surface area contributed by atoms with Crippen LogP contribution >= 0.6 is 0 Å². The van der Waals surface area contributed by atoms with Crippen molar-refractivity contribution in [2.45, 2.75) is 25.3 Å². The fourth-order valence-corrected chi connectivity index (χ4v) is 4.20. The number of piperidine rings is 1. The largest absolute Gasteiger partial charge is 0.496 e. The molecule has 0 unspecified atom stereocenters. The lowest BCUT2D eigenvalue weighted by molar-refractivity contribution is -0.137. The lowest BCUT2D eigenvalue weighted by atomic mass is 9.86. The molecule has 28 heavy (non-hydrogen) atoms. The number of hydrogen-bond acceptors (Lipinski definition) is 5. The Labute approximate surface area is 164 Å². The van der Waals surface area contributed by atoms with Crippen LogP contribution in [0.1, 0.15) is 29.6 Å². The Balaban J connectivity index is 1.76. The summed E-state index contributed by atoms with van der Waals surface area (Å²) in [5.41, 5.74) is 0.198. The van der Waals surface area contributed by atoms with Crippen LogP contribution < -0.4 is 4.74 Å². The molecule has 8 heteroatoms. The van der Waals surface area contributed by atoms with E-state index in [0.29, 0.717) is 38.5 Å². The molecule has 2 fully saturated rings. The van der Waals surface area contributed by atoms with Crippen molar-refractivity contribution in [2.24, 2.45) is 5.92 Å². The Kier molecular flexibility index (Phi) is 6.85. The van der Waals surface area contributed by atoms with Gasteiger partial charge in [-0.1, -0.05) is 0 Å². The third kappa shape index (κ3) is 4.80. The van der Waals surface area contributed by atoms with Gasteiger partial charge in [0.05, 0.1) is 25.9 Å². The van der Waals surface area contributed by atoms with Crippen LogP contribution in [0.15, 0.2) is 18.2 Å². The fourth-order valence-electron chi connectivity index (χ4n) is 4.20. The second kappa shape index (κ2) is 9.34. The van der Waals surface area contributed by atoms with E-state index in [1.165, 1.54) is 25.3 Å². The molecule has 0 aromatic heterocycles. The van der Waals surface area contributed by atoms with Crippen LogP contribution in [0, 0.1) is 11.7 Å². The van der Waals surface area contributed by atoms with Crippen LogP contribution in [0.25, 0.3) is 0 Å². The molecule has 2 saturated heterocycles. The Morgan fingerprint density at radius 2 is 2.04 bits per heavy atom. The monoisotopic (exact) mass is 394 g/mol. The average molecular weight is 394 g/mol. The van der Waals surface area contributed by atoms with E-state index < -0.39 is 11.8 Å². The van der Waals surface area contributed by atoms with E-state index in [9.17, 15) is 14.0 Å². The van der Waals surface area contributed by atoms with Crippen LogP contribution in [0.2, 0.25) is 0 Å². The number of likely N-dealkylation sites (tertiary alicyclic amines) is 1.